The summed E-state index contributed by atoms with van der Waals surface area (Å²) in [6, 6.07) is 0. The fourth-order valence-electron chi connectivity index (χ4n) is 2.69. The van der Waals surface area contributed by atoms with E-state index in [9.17, 15) is 4.79 Å². The standard InChI is InChI=1S/C15H30N2O/c1-4-6-8-13(5-2)14(18)17-12-15(3)9-7-10-16-11-15/h13,16H,4-12H2,1-3H3,(H,17,18). The summed E-state index contributed by atoms with van der Waals surface area (Å²) in [4.78, 5) is 12.1. The van der Waals surface area contributed by atoms with Gasteiger partial charge >= 0.3 is 0 Å². The Labute approximate surface area is 112 Å². The number of carbonyl (C=O) groups is 1. The van der Waals surface area contributed by atoms with Gasteiger partial charge in [-0.15, -0.1) is 0 Å². The first kappa shape index (κ1) is 15.5. The van der Waals surface area contributed by atoms with Gasteiger partial charge in [0, 0.05) is 19.0 Å². The topological polar surface area (TPSA) is 41.1 Å². The average molecular weight is 254 g/mol. The van der Waals surface area contributed by atoms with Gasteiger partial charge in [0.1, 0.15) is 0 Å². The minimum absolute atomic E-state index is 0.213. The third-order valence-corrected chi connectivity index (χ3v) is 4.14. The molecule has 1 heterocycles. The van der Waals surface area contributed by atoms with Crippen LogP contribution in [0, 0.1) is 11.3 Å². The zero-order valence-corrected chi connectivity index (χ0v) is 12.3. The van der Waals surface area contributed by atoms with E-state index >= 15 is 0 Å². The maximum atomic E-state index is 12.1. The van der Waals surface area contributed by atoms with Gasteiger partial charge in [-0.1, -0.05) is 33.6 Å². The van der Waals surface area contributed by atoms with Crippen LogP contribution in [0.15, 0.2) is 0 Å². The summed E-state index contributed by atoms with van der Waals surface area (Å²) in [5.41, 5.74) is 0.247. The Morgan fingerprint density at radius 3 is 2.78 bits per heavy atom. The predicted octanol–water partition coefficient (Wildman–Crippen LogP) is 2.71. The summed E-state index contributed by atoms with van der Waals surface area (Å²) in [7, 11) is 0. The zero-order valence-electron chi connectivity index (χ0n) is 12.3. The summed E-state index contributed by atoms with van der Waals surface area (Å²) in [5.74, 6) is 0.475. The molecular weight excluding hydrogens is 224 g/mol. The molecule has 3 nitrogen and oxygen atoms in total. The Morgan fingerprint density at radius 2 is 2.22 bits per heavy atom. The first-order valence-electron chi connectivity index (χ1n) is 7.59. The van der Waals surface area contributed by atoms with E-state index < -0.39 is 0 Å². The van der Waals surface area contributed by atoms with Crippen molar-refractivity contribution in [3.63, 3.8) is 0 Å². The summed E-state index contributed by atoms with van der Waals surface area (Å²) in [5, 5.41) is 6.60. The SMILES string of the molecule is CCCCC(CC)C(=O)NCC1(C)CCCNC1. The molecule has 1 aliphatic rings. The molecule has 1 rings (SSSR count). The van der Waals surface area contributed by atoms with Gasteiger partial charge < -0.3 is 10.6 Å². The van der Waals surface area contributed by atoms with Crippen molar-refractivity contribution in [1.29, 1.82) is 0 Å². The normalized spacial score (nSPS) is 25.7. The predicted molar refractivity (Wildman–Crippen MR) is 76.5 cm³/mol. The van der Waals surface area contributed by atoms with Gasteiger partial charge in [-0.25, -0.2) is 0 Å². The van der Waals surface area contributed by atoms with Crippen molar-refractivity contribution >= 4 is 5.91 Å². The molecule has 0 aliphatic carbocycles. The molecule has 0 aromatic carbocycles. The molecule has 0 bridgehead atoms. The van der Waals surface area contributed by atoms with Gasteiger partial charge in [0.2, 0.25) is 5.91 Å². The van der Waals surface area contributed by atoms with Crippen LogP contribution in [0.3, 0.4) is 0 Å². The zero-order chi connectivity index (χ0) is 13.4. The number of nitrogens with one attached hydrogen (secondary N) is 2. The second-order valence-corrected chi connectivity index (χ2v) is 6.06. The molecule has 2 atom stereocenters. The van der Waals surface area contributed by atoms with E-state index in [2.05, 4.69) is 31.4 Å². The molecule has 18 heavy (non-hydrogen) atoms. The van der Waals surface area contributed by atoms with Gasteiger partial charge in [0.05, 0.1) is 0 Å². The highest BCUT2D eigenvalue weighted by Crippen LogP contribution is 2.24. The summed E-state index contributed by atoms with van der Waals surface area (Å²) in [6.07, 6.45) is 6.76. The Balaban J connectivity index is 2.33. The lowest BCUT2D eigenvalue weighted by atomic mass is 9.82. The minimum atomic E-state index is 0.213. The minimum Gasteiger partial charge on any atom is -0.355 e. The van der Waals surface area contributed by atoms with E-state index in [0.29, 0.717) is 0 Å². The van der Waals surface area contributed by atoms with Crippen LogP contribution in [0.25, 0.3) is 0 Å². The third kappa shape index (κ3) is 4.97. The van der Waals surface area contributed by atoms with Crippen LogP contribution in [0.1, 0.15) is 59.3 Å². The fraction of sp³-hybridized carbons (Fsp3) is 0.933. The maximum absolute atomic E-state index is 12.1. The molecule has 3 heteroatoms. The number of unbranched alkanes of at least 4 members (excludes halogenated alkanes) is 1. The van der Waals surface area contributed by atoms with E-state index in [1.807, 2.05) is 0 Å². The second kappa shape index (κ2) is 7.78. The highest BCUT2D eigenvalue weighted by atomic mass is 16.1. The Bertz CT molecular complexity index is 247. The smallest absolute Gasteiger partial charge is 0.223 e. The average Bonchev–Trinajstić information content (AvgIpc) is 2.38. The Hall–Kier alpha value is -0.570. The van der Waals surface area contributed by atoms with Crippen LogP contribution in [-0.4, -0.2) is 25.5 Å². The number of piperidine rings is 1. The van der Waals surface area contributed by atoms with Crippen molar-refractivity contribution in [1.82, 2.24) is 10.6 Å². The van der Waals surface area contributed by atoms with Crippen LogP contribution < -0.4 is 10.6 Å². The van der Waals surface area contributed by atoms with Gasteiger partial charge in [-0.2, -0.15) is 0 Å². The number of amides is 1. The van der Waals surface area contributed by atoms with Crippen LogP contribution in [0.2, 0.25) is 0 Å². The molecule has 2 unspecified atom stereocenters. The van der Waals surface area contributed by atoms with E-state index in [0.717, 1.165) is 38.9 Å². The molecule has 0 saturated carbocycles. The number of carbonyl (C=O) groups excluding carboxylic acids is 1. The molecule has 0 aromatic heterocycles. The summed E-state index contributed by atoms with van der Waals surface area (Å²) in [6.45, 7) is 9.54. The molecular formula is C15H30N2O. The summed E-state index contributed by atoms with van der Waals surface area (Å²) < 4.78 is 0. The Kier molecular flexibility index (Phi) is 6.69. The van der Waals surface area contributed by atoms with E-state index in [-0.39, 0.29) is 17.2 Å². The van der Waals surface area contributed by atoms with Crippen molar-refractivity contribution in [2.75, 3.05) is 19.6 Å². The number of hydrogen-bond donors (Lipinski definition) is 2. The molecule has 1 saturated heterocycles. The van der Waals surface area contributed by atoms with E-state index in [1.54, 1.807) is 0 Å². The first-order chi connectivity index (χ1) is 8.61. The second-order valence-electron chi connectivity index (χ2n) is 6.06. The van der Waals surface area contributed by atoms with E-state index in [4.69, 9.17) is 0 Å². The van der Waals surface area contributed by atoms with Gasteiger partial charge in [0.15, 0.2) is 0 Å². The lowest BCUT2D eigenvalue weighted by Gasteiger charge is -2.34. The molecule has 1 aliphatic heterocycles. The van der Waals surface area contributed by atoms with Crippen molar-refractivity contribution in [3.8, 4) is 0 Å². The van der Waals surface area contributed by atoms with Crippen molar-refractivity contribution in [3.05, 3.63) is 0 Å². The largest absolute Gasteiger partial charge is 0.355 e. The van der Waals surface area contributed by atoms with Crippen LogP contribution in [-0.2, 0) is 4.79 Å². The van der Waals surface area contributed by atoms with Crippen molar-refractivity contribution in [2.45, 2.75) is 59.3 Å². The molecule has 1 fully saturated rings. The summed E-state index contributed by atoms with van der Waals surface area (Å²) >= 11 is 0. The van der Waals surface area contributed by atoms with Crippen LogP contribution >= 0.6 is 0 Å². The lowest BCUT2D eigenvalue weighted by Crippen LogP contribution is -2.46. The molecule has 0 radical (unpaired) electrons. The van der Waals surface area contributed by atoms with Gasteiger partial charge in [-0.05, 0) is 37.6 Å². The highest BCUT2D eigenvalue weighted by molar-refractivity contribution is 5.78. The van der Waals surface area contributed by atoms with Crippen molar-refractivity contribution in [2.24, 2.45) is 11.3 Å². The van der Waals surface area contributed by atoms with Crippen LogP contribution in [0.5, 0.6) is 0 Å². The Morgan fingerprint density at radius 1 is 1.44 bits per heavy atom. The molecule has 0 aromatic rings. The highest BCUT2D eigenvalue weighted by Gasteiger charge is 2.28. The lowest BCUT2D eigenvalue weighted by molar-refractivity contribution is -0.125. The maximum Gasteiger partial charge on any atom is 0.223 e. The first-order valence-corrected chi connectivity index (χ1v) is 7.59. The molecule has 2 N–H and O–H groups in total. The molecule has 0 spiro atoms. The fourth-order valence-corrected chi connectivity index (χ4v) is 2.69. The third-order valence-electron chi connectivity index (χ3n) is 4.14. The molecule has 1 amide bonds. The number of hydrogen-bond acceptors (Lipinski definition) is 2. The van der Waals surface area contributed by atoms with Crippen molar-refractivity contribution < 1.29 is 4.79 Å². The van der Waals surface area contributed by atoms with Crippen LogP contribution in [0.4, 0.5) is 0 Å². The molecule has 106 valence electrons. The van der Waals surface area contributed by atoms with Gasteiger partial charge in [0.25, 0.3) is 0 Å². The number of rotatable bonds is 7. The monoisotopic (exact) mass is 254 g/mol. The van der Waals surface area contributed by atoms with E-state index in [1.165, 1.54) is 19.3 Å². The quantitative estimate of drug-likeness (QED) is 0.733. The van der Waals surface area contributed by atoms with Gasteiger partial charge in [-0.3, -0.25) is 4.79 Å².